The van der Waals surface area contributed by atoms with Crippen molar-refractivity contribution in [1.29, 1.82) is 0 Å². The molecule has 0 aromatic carbocycles. The average molecular weight is 238 g/mol. The summed E-state index contributed by atoms with van der Waals surface area (Å²) in [6, 6.07) is -0.740. The Balaban J connectivity index is 2.05. The quantitative estimate of drug-likeness (QED) is 0.778. The van der Waals surface area contributed by atoms with Gasteiger partial charge in [-0.25, -0.2) is 0 Å². The summed E-state index contributed by atoms with van der Waals surface area (Å²) in [5.74, 6) is -0.306. The first-order valence-electron chi connectivity index (χ1n) is 4.49. The van der Waals surface area contributed by atoms with Crippen molar-refractivity contribution in [1.82, 2.24) is 19.4 Å². The molecule has 2 aromatic rings. The Morgan fingerprint density at radius 3 is 3.00 bits per heavy atom. The minimum absolute atomic E-state index is 0.306. The third kappa shape index (κ3) is 2.23. The molecule has 1 atom stereocenters. The monoisotopic (exact) mass is 238 g/mol. The van der Waals surface area contributed by atoms with E-state index in [4.69, 9.17) is 5.73 Å². The number of carbonyl (C=O) groups is 1. The molecule has 7 nitrogen and oxygen atoms in total. The van der Waals surface area contributed by atoms with Gasteiger partial charge in [0.15, 0.2) is 0 Å². The summed E-state index contributed by atoms with van der Waals surface area (Å²) in [6.07, 6.45) is 4.74. The lowest BCUT2D eigenvalue weighted by Gasteiger charge is -2.07. The molecule has 2 aromatic heterocycles. The van der Waals surface area contributed by atoms with Gasteiger partial charge in [0, 0.05) is 30.3 Å². The van der Waals surface area contributed by atoms with E-state index in [1.165, 1.54) is 6.20 Å². The number of aromatic nitrogens is 4. The molecular weight excluding hydrogens is 228 g/mol. The molecule has 0 spiro atoms. The number of nitrogens with one attached hydrogen (secondary N) is 1. The van der Waals surface area contributed by atoms with Crippen LogP contribution in [0.25, 0.3) is 0 Å². The molecule has 0 saturated carbocycles. The summed E-state index contributed by atoms with van der Waals surface area (Å²) in [4.78, 5) is 11.7. The zero-order valence-electron chi connectivity index (χ0n) is 8.49. The standard InChI is InChI=1S/C8H10N6OS/c1-14-4-5(2-11-14)7(9)8(15)12-6-3-10-13-16-6/h2-4,7H,9H2,1H3,(H,12,15). The van der Waals surface area contributed by atoms with E-state index in [1.54, 1.807) is 24.1 Å². The summed E-state index contributed by atoms with van der Waals surface area (Å²) in [5, 5.41) is 10.8. The van der Waals surface area contributed by atoms with Crippen molar-refractivity contribution in [3.05, 3.63) is 24.2 Å². The van der Waals surface area contributed by atoms with Crippen molar-refractivity contribution < 1.29 is 4.79 Å². The zero-order chi connectivity index (χ0) is 11.5. The fraction of sp³-hybridized carbons (Fsp3) is 0.250. The number of hydrogen-bond donors (Lipinski definition) is 2. The minimum atomic E-state index is -0.740. The first-order valence-corrected chi connectivity index (χ1v) is 5.26. The van der Waals surface area contributed by atoms with E-state index in [0.717, 1.165) is 11.5 Å². The van der Waals surface area contributed by atoms with Crippen LogP contribution in [0.1, 0.15) is 11.6 Å². The first kappa shape index (κ1) is 10.7. The van der Waals surface area contributed by atoms with Crippen molar-refractivity contribution in [2.45, 2.75) is 6.04 Å². The van der Waals surface area contributed by atoms with Gasteiger partial charge < -0.3 is 11.1 Å². The second kappa shape index (κ2) is 4.37. The molecule has 0 fully saturated rings. The van der Waals surface area contributed by atoms with Gasteiger partial charge in [-0.05, 0) is 0 Å². The number of rotatable bonds is 3. The Bertz CT molecular complexity index is 478. The van der Waals surface area contributed by atoms with Crippen molar-refractivity contribution >= 4 is 22.4 Å². The van der Waals surface area contributed by atoms with Gasteiger partial charge in [0.05, 0.1) is 12.4 Å². The van der Waals surface area contributed by atoms with Crippen LogP contribution in [0.5, 0.6) is 0 Å². The minimum Gasteiger partial charge on any atom is -0.316 e. The summed E-state index contributed by atoms with van der Waals surface area (Å²) in [6.45, 7) is 0. The fourth-order valence-corrected chi connectivity index (χ4v) is 1.60. The molecule has 0 aliphatic carbocycles. The Labute approximate surface area is 95.4 Å². The van der Waals surface area contributed by atoms with Crippen LogP contribution in [-0.4, -0.2) is 25.3 Å². The Morgan fingerprint density at radius 1 is 1.62 bits per heavy atom. The molecule has 2 heterocycles. The normalized spacial score (nSPS) is 12.4. The van der Waals surface area contributed by atoms with Crippen molar-refractivity contribution in [2.24, 2.45) is 12.8 Å². The van der Waals surface area contributed by atoms with Crippen molar-refractivity contribution in [2.75, 3.05) is 5.32 Å². The van der Waals surface area contributed by atoms with Crippen LogP contribution in [0.15, 0.2) is 18.6 Å². The van der Waals surface area contributed by atoms with Crippen LogP contribution >= 0.6 is 11.5 Å². The molecule has 2 rings (SSSR count). The third-order valence-corrected chi connectivity index (χ3v) is 2.55. The van der Waals surface area contributed by atoms with E-state index in [-0.39, 0.29) is 5.91 Å². The highest BCUT2D eigenvalue weighted by Gasteiger charge is 2.17. The number of amides is 1. The molecule has 8 heteroatoms. The number of carbonyl (C=O) groups excluding carboxylic acids is 1. The number of anilines is 1. The molecule has 3 N–H and O–H groups in total. The van der Waals surface area contributed by atoms with E-state index >= 15 is 0 Å². The van der Waals surface area contributed by atoms with Gasteiger partial charge in [-0.1, -0.05) is 4.49 Å². The van der Waals surface area contributed by atoms with Crippen LogP contribution < -0.4 is 11.1 Å². The molecular formula is C8H10N6OS. The Kier molecular flexibility index (Phi) is 2.93. The maximum Gasteiger partial charge on any atom is 0.246 e. The van der Waals surface area contributed by atoms with E-state index in [0.29, 0.717) is 10.6 Å². The van der Waals surface area contributed by atoms with Gasteiger partial charge in [-0.2, -0.15) is 5.10 Å². The van der Waals surface area contributed by atoms with Gasteiger partial charge in [-0.3, -0.25) is 9.48 Å². The molecule has 0 aliphatic rings. The first-order chi connectivity index (χ1) is 7.66. The van der Waals surface area contributed by atoms with E-state index in [1.807, 2.05) is 0 Å². The molecule has 0 saturated heterocycles. The number of nitrogens with zero attached hydrogens (tertiary/aromatic N) is 4. The fourth-order valence-electron chi connectivity index (χ4n) is 1.17. The van der Waals surface area contributed by atoms with E-state index in [2.05, 4.69) is 20.0 Å². The van der Waals surface area contributed by atoms with Gasteiger partial charge in [-0.15, -0.1) is 5.10 Å². The smallest absolute Gasteiger partial charge is 0.246 e. The van der Waals surface area contributed by atoms with Crippen molar-refractivity contribution in [3.8, 4) is 0 Å². The summed E-state index contributed by atoms with van der Waals surface area (Å²) >= 11 is 1.10. The molecule has 16 heavy (non-hydrogen) atoms. The van der Waals surface area contributed by atoms with Crippen LogP contribution in [0.3, 0.4) is 0 Å². The lowest BCUT2D eigenvalue weighted by atomic mass is 10.1. The summed E-state index contributed by atoms with van der Waals surface area (Å²) in [7, 11) is 1.77. The topological polar surface area (TPSA) is 98.7 Å². The summed E-state index contributed by atoms with van der Waals surface area (Å²) < 4.78 is 5.23. The second-order valence-electron chi connectivity index (χ2n) is 3.20. The second-order valence-corrected chi connectivity index (χ2v) is 3.98. The molecule has 1 amide bonds. The van der Waals surface area contributed by atoms with Crippen LogP contribution in [0.4, 0.5) is 5.00 Å². The predicted octanol–water partition coefficient (Wildman–Crippen LogP) is -0.0899. The maximum atomic E-state index is 11.7. The van der Waals surface area contributed by atoms with E-state index < -0.39 is 6.04 Å². The summed E-state index contributed by atoms with van der Waals surface area (Å²) in [5.41, 5.74) is 6.43. The lowest BCUT2D eigenvalue weighted by molar-refractivity contribution is -0.117. The Morgan fingerprint density at radius 2 is 2.44 bits per heavy atom. The molecule has 0 bridgehead atoms. The largest absolute Gasteiger partial charge is 0.316 e. The molecule has 84 valence electrons. The van der Waals surface area contributed by atoms with Gasteiger partial charge >= 0.3 is 0 Å². The highest BCUT2D eigenvalue weighted by Crippen LogP contribution is 2.14. The zero-order valence-corrected chi connectivity index (χ0v) is 9.31. The molecule has 0 radical (unpaired) electrons. The van der Waals surface area contributed by atoms with Gasteiger partial charge in [0.2, 0.25) is 5.91 Å². The SMILES string of the molecule is Cn1cc(C(N)C(=O)Nc2cnns2)cn1. The Hall–Kier alpha value is -1.80. The van der Waals surface area contributed by atoms with Gasteiger partial charge in [0.1, 0.15) is 11.0 Å². The molecule has 0 aliphatic heterocycles. The number of hydrogen-bond acceptors (Lipinski definition) is 6. The number of aryl methyl sites for hydroxylation is 1. The van der Waals surface area contributed by atoms with Crippen LogP contribution in [-0.2, 0) is 11.8 Å². The van der Waals surface area contributed by atoms with Crippen LogP contribution in [0, 0.1) is 0 Å². The van der Waals surface area contributed by atoms with Crippen LogP contribution in [0.2, 0.25) is 0 Å². The van der Waals surface area contributed by atoms with Gasteiger partial charge in [0.25, 0.3) is 0 Å². The average Bonchev–Trinajstić information content (AvgIpc) is 2.88. The lowest BCUT2D eigenvalue weighted by Crippen LogP contribution is -2.27. The molecule has 1 unspecified atom stereocenters. The highest BCUT2D eigenvalue weighted by molar-refractivity contribution is 7.10. The third-order valence-electron chi connectivity index (χ3n) is 1.97. The van der Waals surface area contributed by atoms with Crippen molar-refractivity contribution in [3.63, 3.8) is 0 Å². The predicted molar refractivity (Wildman–Crippen MR) is 58.7 cm³/mol. The maximum absolute atomic E-state index is 11.7. The van der Waals surface area contributed by atoms with E-state index in [9.17, 15) is 4.79 Å². The number of nitrogens with two attached hydrogens (primary N) is 1. The highest BCUT2D eigenvalue weighted by atomic mass is 32.1.